The van der Waals surface area contributed by atoms with Gasteiger partial charge in [-0.15, -0.1) is 11.8 Å². The Balaban J connectivity index is 2.05. The maximum Gasteiger partial charge on any atom is 0.340 e. The molecule has 140 valence electrons. The molecule has 0 saturated carbocycles. The van der Waals surface area contributed by atoms with Crippen LogP contribution in [0.1, 0.15) is 47.6 Å². The largest absolute Gasteiger partial charge is 0.449 e. The second-order valence-electron chi connectivity index (χ2n) is 5.93. The highest BCUT2D eigenvalue weighted by atomic mass is 32.2. The van der Waals surface area contributed by atoms with Gasteiger partial charge in [-0.2, -0.15) is 0 Å². The third-order valence-electron chi connectivity index (χ3n) is 3.86. The minimum atomic E-state index is -0.838. The van der Waals surface area contributed by atoms with Crippen LogP contribution in [0, 0.1) is 13.8 Å². The lowest BCUT2D eigenvalue weighted by Gasteiger charge is -2.14. The fourth-order valence-electron chi connectivity index (χ4n) is 2.29. The van der Waals surface area contributed by atoms with E-state index in [0.717, 1.165) is 28.3 Å². The summed E-state index contributed by atoms with van der Waals surface area (Å²) in [5.41, 5.74) is 2.31. The summed E-state index contributed by atoms with van der Waals surface area (Å²) >= 11 is 1.51. The molecule has 1 aromatic carbocycles. The molecule has 2 rings (SSSR count). The fraction of sp³-hybridized carbons (Fsp3) is 0.421. The molecule has 0 spiro atoms. The van der Waals surface area contributed by atoms with Crippen molar-refractivity contribution in [3.05, 3.63) is 46.8 Å². The van der Waals surface area contributed by atoms with Gasteiger partial charge in [0.1, 0.15) is 5.76 Å². The van der Waals surface area contributed by atoms with Crippen LogP contribution < -0.4 is 5.32 Å². The fourth-order valence-corrected chi connectivity index (χ4v) is 3.48. The summed E-state index contributed by atoms with van der Waals surface area (Å²) in [7, 11) is 0. The number of esters is 1. The predicted octanol–water partition coefficient (Wildman–Crippen LogP) is 3.66. The van der Waals surface area contributed by atoms with Crippen LogP contribution in [0.2, 0.25) is 0 Å². The smallest absolute Gasteiger partial charge is 0.340 e. The summed E-state index contributed by atoms with van der Waals surface area (Å²) in [6.45, 7) is 7.85. The summed E-state index contributed by atoms with van der Waals surface area (Å²) in [4.78, 5) is 25.2. The minimum Gasteiger partial charge on any atom is -0.449 e. The number of hydrogen-bond donors (Lipinski definition) is 1. The van der Waals surface area contributed by atoms with Crippen LogP contribution in [0.5, 0.6) is 0 Å². The van der Waals surface area contributed by atoms with E-state index in [9.17, 15) is 9.59 Å². The zero-order chi connectivity index (χ0) is 19.1. The first-order valence-electron chi connectivity index (χ1n) is 8.56. The zero-order valence-corrected chi connectivity index (χ0v) is 16.3. The Labute approximate surface area is 157 Å². The van der Waals surface area contributed by atoms with Gasteiger partial charge in [0, 0.05) is 22.8 Å². The van der Waals surface area contributed by atoms with E-state index in [4.69, 9.17) is 9.26 Å². The number of amides is 1. The molecule has 2 aromatic rings. The van der Waals surface area contributed by atoms with Gasteiger partial charge in [0.05, 0.1) is 11.3 Å². The average molecular weight is 376 g/mol. The molecule has 0 bridgehead atoms. The van der Waals surface area contributed by atoms with Crippen LogP contribution in [0.3, 0.4) is 0 Å². The molecule has 0 unspecified atom stereocenters. The zero-order valence-electron chi connectivity index (χ0n) is 15.5. The molecule has 0 saturated heterocycles. The lowest BCUT2D eigenvalue weighted by Crippen LogP contribution is -2.36. The number of nitrogens with zero attached hydrogens (tertiary/aromatic N) is 1. The first kappa shape index (κ1) is 20.0. The third kappa shape index (κ3) is 5.11. The lowest BCUT2D eigenvalue weighted by molar-refractivity contribution is -0.129. The Morgan fingerprint density at radius 3 is 2.69 bits per heavy atom. The molecule has 1 atom stereocenters. The Bertz CT molecular complexity index is 753. The number of hydrogen-bond acceptors (Lipinski definition) is 6. The molecule has 26 heavy (non-hydrogen) atoms. The first-order valence-corrected chi connectivity index (χ1v) is 9.54. The molecular formula is C19H24N2O4S. The molecule has 7 heteroatoms. The number of aromatic nitrogens is 1. The molecule has 0 aliphatic carbocycles. The Kier molecular flexibility index (Phi) is 7.26. The lowest BCUT2D eigenvalue weighted by atomic mass is 10.2. The highest BCUT2D eigenvalue weighted by Crippen LogP contribution is 2.29. The topological polar surface area (TPSA) is 81.4 Å². The Morgan fingerprint density at radius 1 is 1.31 bits per heavy atom. The van der Waals surface area contributed by atoms with Crippen molar-refractivity contribution in [3.8, 4) is 0 Å². The van der Waals surface area contributed by atoms with Crippen molar-refractivity contribution in [2.75, 3.05) is 6.54 Å². The maximum atomic E-state index is 12.5. The molecule has 6 nitrogen and oxygen atoms in total. The van der Waals surface area contributed by atoms with Crippen molar-refractivity contribution in [2.24, 2.45) is 0 Å². The van der Waals surface area contributed by atoms with Crippen LogP contribution in [0.15, 0.2) is 33.7 Å². The van der Waals surface area contributed by atoms with Crippen LogP contribution in [-0.4, -0.2) is 29.7 Å². The number of carbonyl (C=O) groups is 2. The van der Waals surface area contributed by atoms with Crippen LogP contribution in [-0.2, 0) is 15.3 Å². The Morgan fingerprint density at radius 2 is 2.04 bits per heavy atom. The molecular weight excluding hydrogens is 352 g/mol. The van der Waals surface area contributed by atoms with Gasteiger partial charge in [-0.05, 0) is 39.3 Å². The van der Waals surface area contributed by atoms with Gasteiger partial charge >= 0.3 is 5.97 Å². The van der Waals surface area contributed by atoms with Crippen molar-refractivity contribution in [3.63, 3.8) is 0 Å². The average Bonchev–Trinajstić information content (AvgIpc) is 2.95. The van der Waals surface area contributed by atoms with Crippen LogP contribution in [0.25, 0.3) is 0 Å². The van der Waals surface area contributed by atoms with Crippen molar-refractivity contribution in [1.82, 2.24) is 10.5 Å². The van der Waals surface area contributed by atoms with Crippen LogP contribution >= 0.6 is 11.8 Å². The molecule has 0 radical (unpaired) electrons. The van der Waals surface area contributed by atoms with E-state index in [-0.39, 0.29) is 5.91 Å². The van der Waals surface area contributed by atoms with Crippen LogP contribution in [0.4, 0.5) is 0 Å². The Hall–Kier alpha value is -2.28. The van der Waals surface area contributed by atoms with Crippen molar-refractivity contribution >= 4 is 23.6 Å². The number of nitrogens with one attached hydrogen (secondary N) is 1. The highest BCUT2D eigenvalue weighted by molar-refractivity contribution is 7.98. The second kappa shape index (κ2) is 9.43. The summed E-state index contributed by atoms with van der Waals surface area (Å²) < 4.78 is 10.5. The van der Waals surface area contributed by atoms with E-state index in [1.54, 1.807) is 19.1 Å². The summed E-state index contributed by atoms with van der Waals surface area (Å²) in [6, 6.07) is 7.21. The van der Waals surface area contributed by atoms with E-state index in [1.165, 1.54) is 11.8 Å². The predicted molar refractivity (Wildman–Crippen MR) is 100 cm³/mol. The van der Waals surface area contributed by atoms with E-state index in [1.807, 2.05) is 32.9 Å². The standard InChI is InChI=1S/C19H24N2O4S/c1-5-10-20-18(22)14(4)24-19(23)15-8-6-7-9-17(15)26-11-16-12(2)21-25-13(16)3/h6-9,14H,5,10-11H2,1-4H3,(H,20,22)/t14-/m0/s1. The number of carbonyl (C=O) groups excluding carboxylic acids is 2. The number of benzene rings is 1. The number of rotatable bonds is 8. The third-order valence-corrected chi connectivity index (χ3v) is 4.96. The van der Waals surface area contributed by atoms with Gasteiger partial charge in [0.25, 0.3) is 5.91 Å². The second-order valence-corrected chi connectivity index (χ2v) is 6.94. The van der Waals surface area contributed by atoms with E-state index >= 15 is 0 Å². The normalized spacial score (nSPS) is 11.8. The van der Waals surface area contributed by atoms with Gasteiger partial charge in [-0.3, -0.25) is 4.79 Å². The van der Waals surface area contributed by atoms with Crippen molar-refractivity contribution < 1.29 is 18.8 Å². The van der Waals surface area contributed by atoms with Gasteiger partial charge in [-0.1, -0.05) is 24.2 Å². The number of thioether (sulfide) groups is 1. The first-order chi connectivity index (χ1) is 12.4. The monoisotopic (exact) mass is 376 g/mol. The van der Waals surface area contributed by atoms with Gasteiger partial charge in [-0.25, -0.2) is 4.79 Å². The molecule has 1 amide bonds. The van der Waals surface area contributed by atoms with Crippen molar-refractivity contribution in [2.45, 2.75) is 50.9 Å². The number of aryl methyl sites for hydroxylation is 2. The van der Waals surface area contributed by atoms with Gasteiger partial charge in [0.15, 0.2) is 6.10 Å². The number of ether oxygens (including phenoxy) is 1. The van der Waals surface area contributed by atoms with E-state index in [2.05, 4.69) is 10.5 Å². The molecule has 1 N–H and O–H groups in total. The summed E-state index contributed by atoms with van der Waals surface area (Å²) in [5, 5.41) is 6.67. The molecule has 0 aliphatic heterocycles. The van der Waals surface area contributed by atoms with E-state index in [0.29, 0.717) is 17.9 Å². The molecule has 1 aromatic heterocycles. The van der Waals surface area contributed by atoms with Gasteiger partial charge in [0.2, 0.25) is 0 Å². The summed E-state index contributed by atoms with van der Waals surface area (Å²) in [5.74, 6) is 0.612. The summed E-state index contributed by atoms with van der Waals surface area (Å²) in [6.07, 6.45) is -0.0113. The van der Waals surface area contributed by atoms with Crippen molar-refractivity contribution in [1.29, 1.82) is 0 Å². The van der Waals surface area contributed by atoms with E-state index < -0.39 is 12.1 Å². The maximum absolute atomic E-state index is 12.5. The highest BCUT2D eigenvalue weighted by Gasteiger charge is 2.21. The minimum absolute atomic E-state index is 0.291. The quantitative estimate of drug-likeness (QED) is 0.559. The molecule has 1 heterocycles. The molecule has 0 aliphatic rings. The SMILES string of the molecule is CCCNC(=O)[C@H](C)OC(=O)c1ccccc1SCc1c(C)noc1C. The van der Waals surface area contributed by atoms with Gasteiger partial charge < -0.3 is 14.6 Å². The molecule has 0 fully saturated rings.